The van der Waals surface area contributed by atoms with Crippen molar-refractivity contribution in [2.75, 3.05) is 0 Å². The smallest absolute Gasteiger partial charge is 0.150 e. The highest BCUT2D eigenvalue weighted by atomic mass is 16.1. The number of carbonyl (C=O) groups excluding carboxylic acids is 1. The normalized spacial score (nSPS) is 13.0. The molecule has 1 heterocycles. The maximum Gasteiger partial charge on any atom is 0.150 e. The lowest BCUT2D eigenvalue weighted by Gasteiger charge is -2.19. The molecule has 1 aliphatic rings. The van der Waals surface area contributed by atoms with E-state index in [1.54, 1.807) is 0 Å². The van der Waals surface area contributed by atoms with Gasteiger partial charge in [0.2, 0.25) is 0 Å². The molecule has 0 radical (unpaired) electrons. The van der Waals surface area contributed by atoms with Crippen LogP contribution in [0.1, 0.15) is 58.9 Å². The quantitative estimate of drug-likeness (QED) is 0.238. The molecule has 6 rings (SSSR count). The molecular weight excluding hydrogens is 452 g/mol. The minimum Gasteiger partial charge on any atom is -0.319 e. The van der Waals surface area contributed by atoms with E-state index in [4.69, 9.17) is 4.98 Å². The zero-order valence-electron chi connectivity index (χ0n) is 21.5. The van der Waals surface area contributed by atoms with E-state index in [9.17, 15) is 4.79 Å². The molecule has 5 aromatic rings. The number of hydrogen-bond donors (Lipinski definition) is 0. The monoisotopic (exact) mass is 482 g/mol. The molecule has 0 spiro atoms. The topological polar surface area (TPSA) is 34.9 Å². The van der Waals surface area contributed by atoms with Crippen molar-refractivity contribution in [1.82, 2.24) is 9.55 Å². The van der Waals surface area contributed by atoms with Gasteiger partial charge in [0, 0.05) is 17.7 Å². The van der Waals surface area contributed by atoms with Crippen LogP contribution in [0.2, 0.25) is 0 Å². The minimum absolute atomic E-state index is 0.0449. The summed E-state index contributed by atoms with van der Waals surface area (Å²) in [6.07, 6.45) is 4.16. The molecule has 0 N–H and O–H groups in total. The van der Waals surface area contributed by atoms with Crippen LogP contribution >= 0.6 is 0 Å². The van der Waals surface area contributed by atoms with E-state index >= 15 is 0 Å². The molecule has 1 aliphatic carbocycles. The Morgan fingerprint density at radius 1 is 0.865 bits per heavy atom. The number of aromatic nitrogens is 2. The van der Waals surface area contributed by atoms with E-state index in [-0.39, 0.29) is 5.41 Å². The largest absolute Gasteiger partial charge is 0.319 e. The van der Waals surface area contributed by atoms with E-state index < -0.39 is 0 Å². The second kappa shape index (κ2) is 9.01. The van der Waals surface area contributed by atoms with Gasteiger partial charge in [0.15, 0.2) is 0 Å². The molecule has 3 heteroatoms. The number of imidazole rings is 1. The fourth-order valence-electron chi connectivity index (χ4n) is 5.15. The average molecular weight is 483 g/mol. The second-order valence-electron chi connectivity index (χ2n) is 11.0. The van der Waals surface area contributed by atoms with Crippen molar-refractivity contribution >= 4 is 29.0 Å². The lowest BCUT2D eigenvalue weighted by molar-refractivity contribution is 0.112. The van der Waals surface area contributed by atoms with Crippen molar-refractivity contribution in [2.45, 2.75) is 39.2 Å². The number of carbonyl (C=O) groups is 1. The van der Waals surface area contributed by atoms with Gasteiger partial charge >= 0.3 is 0 Å². The molecule has 0 saturated carbocycles. The fraction of sp³-hybridized carbons (Fsp3) is 0.176. The van der Waals surface area contributed by atoms with Crippen LogP contribution in [0.3, 0.4) is 0 Å². The lowest BCUT2D eigenvalue weighted by atomic mass is 9.87. The summed E-state index contributed by atoms with van der Waals surface area (Å²) >= 11 is 0. The van der Waals surface area contributed by atoms with Gasteiger partial charge in [-0.3, -0.25) is 4.79 Å². The van der Waals surface area contributed by atoms with Gasteiger partial charge in [-0.05, 0) is 57.4 Å². The summed E-state index contributed by atoms with van der Waals surface area (Å²) < 4.78 is 2.31. The van der Waals surface area contributed by atoms with Crippen molar-refractivity contribution in [3.05, 3.63) is 124 Å². The van der Waals surface area contributed by atoms with E-state index in [0.29, 0.717) is 12.1 Å². The number of rotatable bonds is 5. The third kappa shape index (κ3) is 4.42. The van der Waals surface area contributed by atoms with Crippen molar-refractivity contribution in [3.8, 4) is 11.4 Å². The van der Waals surface area contributed by atoms with Gasteiger partial charge in [-0.2, -0.15) is 0 Å². The number of allylic oxidation sites excluding steroid dienone is 1. The Bertz CT molecular complexity index is 1650. The van der Waals surface area contributed by atoms with Crippen LogP contribution in [0, 0.1) is 0 Å². The number of aldehydes is 1. The van der Waals surface area contributed by atoms with E-state index in [1.165, 1.54) is 27.8 Å². The van der Waals surface area contributed by atoms with E-state index in [2.05, 4.69) is 98.1 Å². The number of fused-ring (bicyclic) bond motifs is 2. The summed E-state index contributed by atoms with van der Waals surface area (Å²) in [6, 6.07) is 31.9. The van der Waals surface area contributed by atoms with Gasteiger partial charge in [-0.1, -0.05) is 106 Å². The third-order valence-corrected chi connectivity index (χ3v) is 7.35. The van der Waals surface area contributed by atoms with Gasteiger partial charge < -0.3 is 4.57 Å². The summed E-state index contributed by atoms with van der Waals surface area (Å²) in [7, 11) is 0. The van der Waals surface area contributed by atoms with E-state index in [0.717, 1.165) is 40.7 Å². The van der Waals surface area contributed by atoms with Gasteiger partial charge in [0.05, 0.1) is 11.0 Å². The molecule has 182 valence electrons. The first kappa shape index (κ1) is 23.2. The Morgan fingerprint density at radius 2 is 1.59 bits per heavy atom. The summed E-state index contributed by atoms with van der Waals surface area (Å²) in [5, 5.41) is 0. The summed E-state index contributed by atoms with van der Waals surface area (Å²) in [6.45, 7) is 7.40. The van der Waals surface area contributed by atoms with Gasteiger partial charge in [-0.15, -0.1) is 0 Å². The zero-order chi connectivity index (χ0) is 25.6. The van der Waals surface area contributed by atoms with Gasteiger partial charge in [0.25, 0.3) is 0 Å². The second-order valence-corrected chi connectivity index (χ2v) is 11.0. The number of benzene rings is 4. The first-order valence-electron chi connectivity index (χ1n) is 12.8. The highest BCUT2D eigenvalue weighted by Gasteiger charge is 2.19. The van der Waals surface area contributed by atoms with Crippen LogP contribution in [0.25, 0.3) is 34.1 Å². The summed E-state index contributed by atoms with van der Waals surface area (Å²) in [5.41, 5.74) is 11.7. The first-order chi connectivity index (χ1) is 17.9. The molecule has 0 atom stereocenters. The van der Waals surface area contributed by atoms with E-state index in [1.807, 2.05) is 24.3 Å². The molecule has 3 nitrogen and oxygen atoms in total. The molecule has 1 aromatic heterocycles. The molecule has 37 heavy (non-hydrogen) atoms. The fourth-order valence-corrected chi connectivity index (χ4v) is 5.15. The predicted octanol–water partition coefficient (Wildman–Crippen LogP) is 7.96. The molecular formula is C34H30N2O. The van der Waals surface area contributed by atoms with Crippen LogP contribution in [-0.2, 0) is 18.4 Å². The van der Waals surface area contributed by atoms with Crippen molar-refractivity contribution in [1.29, 1.82) is 0 Å². The summed E-state index contributed by atoms with van der Waals surface area (Å²) in [4.78, 5) is 16.2. The Labute approximate surface area is 218 Å². The van der Waals surface area contributed by atoms with Crippen LogP contribution in [0.4, 0.5) is 0 Å². The maximum atomic E-state index is 11.1. The minimum atomic E-state index is 0.0449. The van der Waals surface area contributed by atoms with Crippen LogP contribution < -0.4 is 0 Å². The standard InChI is InChI=1S/C34H30N2O/c1-34(2,3)30-16-17-31-32(20-30)36(21-23-8-10-24(22-37)11-9-23)33(35-31)26-14-12-25(13-15-26)29-18-27-6-4-5-7-28(27)19-29/h4-18,20,22H,19,21H2,1-3H3. The average Bonchev–Trinajstić information content (AvgIpc) is 3.50. The zero-order valence-corrected chi connectivity index (χ0v) is 21.5. The van der Waals surface area contributed by atoms with Crippen LogP contribution in [0.15, 0.2) is 91.0 Å². The maximum absolute atomic E-state index is 11.1. The highest BCUT2D eigenvalue weighted by Crippen LogP contribution is 2.34. The van der Waals surface area contributed by atoms with Gasteiger partial charge in [0.1, 0.15) is 12.1 Å². The third-order valence-electron chi connectivity index (χ3n) is 7.35. The SMILES string of the molecule is CC(C)(C)c1ccc2nc(-c3ccc(C4=Cc5ccccc5C4)cc3)n(Cc3ccc(C=O)cc3)c2c1. The van der Waals surface area contributed by atoms with Crippen molar-refractivity contribution < 1.29 is 4.79 Å². The summed E-state index contributed by atoms with van der Waals surface area (Å²) in [5.74, 6) is 0.954. The van der Waals surface area contributed by atoms with Crippen LogP contribution in [-0.4, -0.2) is 15.8 Å². The molecule has 0 amide bonds. The highest BCUT2D eigenvalue weighted by molar-refractivity contribution is 5.89. The Hall–Kier alpha value is -4.24. The van der Waals surface area contributed by atoms with Gasteiger partial charge in [-0.25, -0.2) is 4.98 Å². The first-order valence-corrected chi connectivity index (χ1v) is 12.8. The molecule has 0 aliphatic heterocycles. The Balaban J connectivity index is 1.41. The molecule has 0 fully saturated rings. The molecule has 0 saturated heterocycles. The van der Waals surface area contributed by atoms with Crippen molar-refractivity contribution in [2.24, 2.45) is 0 Å². The van der Waals surface area contributed by atoms with Crippen molar-refractivity contribution in [3.63, 3.8) is 0 Å². The number of nitrogens with zero attached hydrogens (tertiary/aromatic N) is 2. The lowest BCUT2D eigenvalue weighted by Crippen LogP contribution is -2.11. The molecule has 0 unspecified atom stereocenters. The molecule has 0 bridgehead atoms. The molecule has 4 aromatic carbocycles. The Morgan fingerprint density at radius 3 is 2.30 bits per heavy atom. The Kier molecular flexibility index (Phi) is 5.64. The predicted molar refractivity (Wildman–Crippen MR) is 153 cm³/mol. The van der Waals surface area contributed by atoms with Crippen LogP contribution in [0.5, 0.6) is 0 Å². The number of hydrogen-bond acceptors (Lipinski definition) is 2.